The third-order valence-electron chi connectivity index (χ3n) is 2.93. The van der Waals surface area contributed by atoms with Crippen molar-refractivity contribution in [2.75, 3.05) is 5.32 Å². The van der Waals surface area contributed by atoms with E-state index in [4.69, 9.17) is 0 Å². The zero-order valence-corrected chi connectivity index (χ0v) is 13.4. The zero-order valence-electron chi connectivity index (χ0n) is 11.3. The van der Waals surface area contributed by atoms with E-state index in [9.17, 15) is 4.79 Å². The molecule has 0 bridgehead atoms. The monoisotopic (exact) mass is 377 g/mol. The summed E-state index contributed by atoms with van der Waals surface area (Å²) in [6, 6.07) is 15.9. The highest BCUT2D eigenvalue weighted by atomic mass is 127. The fraction of sp³-hybridized carbons (Fsp3) is 0.118. The number of amides is 1. The summed E-state index contributed by atoms with van der Waals surface area (Å²) >= 11 is 2.23. The van der Waals surface area contributed by atoms with Crippen LogP contribution in [0.25, 0.3) is 6.08 Å². The molecule has 0 heterocycles. The fourth-order valence-corrected chi connectivity index (χ4v) is 2.11. The van der Waals surface area contributed by atoms with Gasteiger partial charge in [0.05, 0.1) is 0 Å². The van der Waals surface area contributed by atoms with Crippen LogP contribution in [0.1, 0.15) is 18.1 Å². The van der Waals surface area contributed by atoms with Crippen molar-refractivity contribution in [2.24, 2.45) is 0 Å². The Kier molecular flexibility index (Phi) is 5.35. The molecular weight excluding hydrogens is 361 g/mol. The van der Waals surface area contributed by atoms with E-state index in [1.807, 2.05) is 42.5 Å². The van der Waals surface area contributed by atoms with Gasteiger partial charge in [0, 0.05) is 15.3 Å². The lowest BCUT2D eigenvalue weighted by Gasteiger charge is -2.02. The average Bonchev–Trinajstić information content (AvgIpc) is 2.48. The van der Waals surface area contributed by atoms with Gasteiger partial charge in [-0.25, -0.2) is 0 Å². The van der Waals surface area contributed by atoms with E-state index >= 15 is 0 Å². The molecule has 2 aromatic rings. The fourth-order valence-electron chi connectivity index (χ4n) is 1.75. The molecule has 0 saturated heterocycles. The molecule has 0 atom stereocenters. The number of hydrogen-bond acceptors (Lipinski definition) is 1. The van der Waals surface area contributed by atoms with Crippen LogP contribution in [-0.2, 0) is 11.2 Å². The maximum absolute atomic E-state index is 11.8. The first-order valence-electron chi connectivity index (χ1n) is 6.51. The minimum Gasteiger partial charge on any atom is -0.323 e. The molecule has 102 valence electrons. The Morgan fingerprint density at radius 1 is 1.10 bits per heavy atom. The normalized spacial score (nSPS) is 10.7. The Hall–Kier alpha value is -1.62. The number of carbonyl (C=O) groups excluding carboxylic acids is 1. The van der Waals surface area contributed by atoms with Crippen LogP contribution in [0.15, 0.2) is 54.6 Å². The minimum absolute atomic E-state index is 0.120. The van der Waals surface area contributed by atoms with E-state index in [1.165, 1.54) is 5.56 Å². The summed E-state index contributed by atoms with van der Waals surface area (Å²) in [6.45, 7) is 2.12. The first-order valence-corrected chi connectivity index (χ1v) is 7.59. The molecule has 2 nitrogen and oxygen atoms in total. The molecule has 0 fully saturated rings. The predicted octanol–water partition coefficient (Wildman–Crippen LogP) is 4.51. The molecule has 0 spiro atoms. The second-order valence-electron chi connectivity index (χ2n) is 4.42. The highest BCUT2D eigenvalue weighted by molar-refractivity contribution is 14.1. The molecule has 0 unspecified atom stereocenters. The van der Waals surface area contributed by atoms with Gasteiger partial charge in [0.15, 0.2) is 0 Å². The average molecular weight is 377 g/mol. The summed E-state index contributed by atoms with van der Waals surface area (Å²) in [6.07, 6.45) is 4.40. The van der Waals surface area contributed by atoms with Crippen molar-refractivity contribution in [1.29, 1.82) is 0 Å². The van der Waals surface area contributed by atoms with Gasteiger partial charge in [0.1, 0.15) is 0 Å². The van der Waals surface area contributed by atoms with Crippen molar-refractivity contribution in [3.63, 3.8) is 0 Å². The standard InChI is InChI=1S/C17H16INO/c1-2-13-3-5-14(6-4-13)7-12-17(20)19-16-10-8-15(18)9-11-16/h3-12H,2H2,1H3,(H,19,20)/b12-7+. The minimum atomic E-state index is -0.120. The van der Waals surface area contributed by atoms with Crippen LogP contribution in [0.3, 0.4) is 0 Å². The van der Waals surface area contributed by atoms with Crippen molar-refractivity contribution in [3.05, 3.63) is 69.3 Å². The summed E-state index contributed by atoms with van der Waals surface area (Å²) in [4.78, 5) is 11.8. The molecule has 1 amide bonds. The Morgan fingerprint density at radius 2 is 1.75 bits per heavy atom. The number of carbonyl (C=O) groups is 1. The molecule has 2 aromatic carbocycles. The number of anilines is 1. The quantitative estimate of drug-likeness (QED) is 0.617. The van der Waals surface area contributed by atoms with E-state index in [0.717, 1.165) is 21.2 Å². The zero-order chi connectivity index (χ0) is 14.4. The highest BCUT2D eigenvalue weighted by Crippen LogP contribution is 2.11. The Balaban J connectivity index is 1.96. The lowest BCUT2D eigenvalue weighted by molar-refractivity contribution is -0.111. The maximum Gasteiger partial charge on any atom is 0.248 e. The molecule has 0 aromatic heterocycles. The van der Waals surface area contributed by atoms with E-state index in [2.05, 4.69) is 47.0 Å². The van der Waals surface area contributed by atoms with Crippen molar-refractivity contribution < 1.29 is 4.79 Å². The van der Waals surface area contributed by atoms with E-state index in [-0.39, 0.29) is 5.91 Å². The third kappa shape index (κ3) is 4.49. The van der Waals surface area contributed by atoms with Crippen molar-refractivity contribution in [1.82, 2.24) is 0 Å². The predicted molar refractivity (Wildman–Crippen MR) is 92.6 cm³/mol. The Bertz CT molecular complexity index is 600. The Labute approximate surface area is 133 Å². The molecule has 0 aliphatic heterocycles. The summed E-state index contributed by atoms with van der Waals surface area (Å²) in [7, 11) is 0. The summed E-state index contributed by atoms with van der Waals surface area (Å²) in [5.41, 5.74) is 3.13. The van der Waals surface area contributed by atoms with E-state index in [0.29, 0.717) is 0 Å². The second kappa shape index (κ2) is 7.24. The number of aryl methyl sites for hydroxylation is 1. The molecule has 2 rings (SSSR count). The summed E-state index contributed by atoms with van der Waals surface area (Å²) in [5, 5.41) is 2.83. The molecule has 0 aliphatic carbocycles. The second-order valence-corrected chi connectivity index (χ2v) is 5.67. The molecule has 3 heteroatoms. The van der Waals surface area contributed by atoms with Crippen LogP contribution in [0, 0.1) is 3.57 Å². The van der Waals surface area contributed by atoms with Gasteiger partial charge in [0.25, 0.3) is 0 Å². The molecule has 20 heavy (non-hydrogen) atoms. The van der Waals surface area contributed by atoms with Gasteiger partial charge in [-0.1, -0.05) is 31.2 Å². The van der Waals surface area contributed by atoms with Crippen LogP contribution in [0.5, 0.6) is 0 Å². The van der Waals surface area contributed by atoms with Crippen molar-refractivity contribution in [3.8, 4) is 0 Å². The van der Waals surface area contributed by atoms with Gasteiger partial charge in [-0.2, -0.15) is 0 Å². The first kappa shape index (κ1) is 14.8. The summed E-state index contributed by atoms with van der Waals surface area (Å²) < 4.78 is 1.15. The van der Waals surface area contributed by atoms with Gasteiger partial charge in [-0.15, -0.1) is 0 Å². The van der Waals surface area contributed by atoms with Gasteiger partial charge >= 0.3 is 0 Å². The van der Waals surface area contributed by atoms with Crippen LogP contribution < -0.4 is 5.32 Å². The Morgan fingerprint density at radius 3 is 2.35 bits per heavy atom. The topological polar surface area (TPSA) is 29.1 Å². The van der Waals surface area contributed by atoms with Crippen LogP contribution in [0.2, 0.25) is 0 Å². The van der Waals surface area contributed by atoms with Gasteiger partial charge in [0.2, 0.25) is 5.91 Å². The number of nitrogens with one attached hydrogen (secondary N) is 1. The van der Waals surface area contributed by atoms with E-state index < -0.39 is 0 Å². The number of halogens is 1. The van der Waals surface area contributed by atoms with Gasteiger partial charge < -0.3 is 5.32 Å². The third-order valence-corrected chi connectivity index (χ3v) is 3.65. The lowest BCUT2D eigenvalue weighted by atomic mass is 10.1. The molecular formula is C17H16INO. The molecule has 0 radical (unpaired) electrons. The van der Waals surface area contributed by atoms with Crippen LogP contribution >= 0.6 is 22.6 Å². The first-order chi connectivity index (χ1) is 9.67. The molecule has 0 saturated carbocycles. The van der Waals surface area contributed by atoms with Crippen LogP contribution in [0.4, 0.5) is 5.69 Å². The van der Waals surface area contributed by atoms with Crippen LogP contribution in [-0.4, -0.2) is 5.91 Å². The van der Waals surface area contributed by atoms with E-state index in [1.54, 1.807) is 6.08 Å². The number of hydrogen-bond donors (Lipinski definition) is 1. The maximum atomic E-state index is 11.8. The number of rotatable bonds is 4. The SMILES string of the molecule is CCc1ccc(/C=C/C(=O)Nc2ccc(I)cc2)cc1. The molecule has 0 aliphatic rings. The van der Waals surface area contributed by atoms with Gasteiger partial charge in [-0.05, 0) is 70.5 Å². The largest absolute Gasteiger partial charge is 0.323 e. The van der Waals surface area contributed by atoms with Crippen molar-refractivity contribution >= 4 is 40.3 Å². The number of benzene rings is 2. The highest BCUT2D eigenvalue weighted by Gasteiger charge is 1.97. The molecule has 1 N–H and O–H groups in total. The van der Waals surface area contributed by atoms with Crippen molar-refractivity contribution in [2.45, 2.75) is 13.3 Å². The summed E-state index contributed by atoms with van der Waals surface area (Å²) in [5.74, 6) is -0.120. The smallest absolute Gasteiger partial charge is 0.248 e. The van der Waals surface area contributed by atoms with Gasteiger partial charge in [-0.3, -0.25) is 4.79 Å². The lowest BCUT2D eigenvalue weighted by Crippen LogP contribution is -2.07.